The number of nitrogens with zero attached hydrogens (tertiary/aromatic N) is 6. The summed E-state index contributed by atoms with van der Waals surface area (Å²) in [5.41, 5.74) is -3.47. The van der Waals surface area contributed by atoms with Crippen LogP contribution < -0.4 is 49.2 Å². The number of Topliss-reactive ketones (excluding diaryl/α,β-unsaturated/α-hetero) is 2. The minimum Gasteiger partial charge on any atom is -0.425 e. The quantitative estimate of drug-likeness (QED) is 0.0570. The Morgan fingerprint density at radius 1 is 0.519 bits per heavy atom. The van der Waals surface area contributed by atoms with Gasteiger partial charge in [-0.2, -0.15) is 0 Å². The van der Waals surface area contributed by atoms with Gasteiger partial charge in [-0.15, -0.1) is 18.9 Å². The Hall–Kier alpha value is -8.88. The molecule has 0 radical (unpaired) electrons. The van der Waals surface area contributed by atoms with Crippen molar-refractivity contribution in [3.63, 3.8) is 0 Å². The van der Waals surface area contributed by atoms with E-state index in [9.17, 15) is 78.4 Å². The Balaban J connectivity index is 1.49. The van der Waals surface area contributed by atoms with Gasteiger partial charge < -0.3 is 57.6 Å². The number of hydrogen-bond acceptors (Lipinski definition) is 17. The van der Waals surface area contributed by atoms with Crippen LogP contribution in [0.4, 0.5) is 0 Å². The minimum absolute atomic E-state index is 0.0132. The Morgan fingerprint density at radius 2 is 0.935 bits per heavy atom. The van der Waals surface area contributed by atoms with Crippen molar-refractivity contribution < 1.29 is 59.2 Å². The summed E-state index contributed by atoms with van der Waals surface area (Å²) in [6.07, 6.45) is 1.31. The molecule has 27 nitrogen and oxygen atoms in total. The normalized spacial score (nSPS) is 15.9. The second-order valence-electron chi connectivity index (χ2n) is 18.7. The van der Waals surface area contributed by atoms with E-state index in [0.717, 1.165) is 48.5 Å². The van der Waals surface area contributed by atoms with Gasteiger partial charge in [0.05, 0.1) is 0 Å². The van der Waals surface area contributed by atoms with Crippen LogP contribution in [-0.2, 0) is 0 Å². The van der Waals surface area contributed by atoms with Crippen LogP contribution in [0.1, 0.15) is 156 Å². The van der Waals surface area contributed by atoms with E-state index in [4.69, 9.17) is 5.73 Å². The number of pyridine rings is 4. The van der Waals surface area contributed by atoms with Crippen molar-refractivity contribution in [2.45, 2.75) is 78.7 Å². The molecular weight excluding hydrogens is 1010 g/mol. The van der Waals surface area contributed by atoms with Crippen LogP contribution in [-0.4, -0.2) is 155 Å². The van der Waals surface area contributed by atoms with Gasteiger partial charge in [-0.25, -0.2) is 0 Å². The number of nitrogens with two attached hydrogens (primary N) is 1. The van der Waals surface area contributed by atoms with Gasteiger partial charge in [-0.1, -0.05) is 34.1 Å². The summed E-state index contributed by atoms with van der Waals surface area (Å²) in [4.78, 5) is 162. The molecule has 4 aromatic rings. The molecule has 4 bridgehead atoms. The average Bonchev–Trinajstić information content (AvgIpc) is 3.40. The Bertz CT molecular complexity index is 3170. The van der Waals surface area contributed by atoms with E-state index in [1.807, 2.05) is 0 Å². The maximum atomic E-state index is 14.1. The third kappa shape index (κ3) is 14.1. The number of fused-ring (bicyclic) bond motifs is 2. The zero-order valence-corrected chi connectivity index (χ0v) is 42.9. The summed E-state index contributed by atoms with van der Waals surface area (Å²) in [6.45, 7) is 5.17. The minimum atomic E-state index is -1.29. The molecule has 3 aliphatic rings. The predicted octanol–water partition coefficient (Wildman–Crippen LogP) is -0.0642. The lowest BCUT2D eigenvalue weighted by atomic mass is 10.0. The SMILES string of the molecule is CC(C)C(=O)c1ccc(C(=O)N2CCCCN(C(=O)c3ccc(C(=O)C(C)C)n(O)c3=O)CCCNC(=O)c3ccc(n(O)c3=O)C(=O)NC(CCCCN)CNC(=O)c3ccc(c(=O)n3O)C(=O)NCCC2)c(=O)n1O. The first-order valence-electron chi connectivity index (χ1n) is 24.9. The lowest BCUT2D eigenvalue weighted by molar-refractivity contribution is 0.0707. The van der Waals surface area contributed by atoms with E-state index in [2.05, 4.69) is 21.3 Å². The maximum absolute atomic E-state index is 14.1. The van der Waals surface area contributed by atoms with E-state index in [0.29, 0.717) is 12.8 Å². The highest BCUT2D eigenvalue weighted by Crippen LogP contribution is 2.14. The number of ketones is 2. The van der Waals surface area contributed by atoms with Crippen molar-refractivity contribution in [2.75, 3.05) is 52.4 Å². The number of nitrogens with one attached hydrogen (secondary N) is 4. The van der Waals surface area contributed by atoms with Gasteiger partial charge in [0, 0.05) is 63.7 Å². The molecule has 77 heavy (non-hydrogen) atoms. The van der Waals surface area contributed by atoms with Crippen LogP contribution >= 0.6 is 0 Å². The Morgan fingerprint density at radius 3 is 1.35 bits per heavy atom. The summed E-state index contributed by atoms with van der Waals surface area (Å²) in [5.74, 6) is -8.14. The molecular formula is C50H63N11O16. The molecule has 1 atom stereocenters. The van der Waals surface area contributed by atoms with Gasteiger partial charge in [0.1, 0.15) is 45.0 Å². The molecule has 0 spiro atoms. The van der Waals surface area contributed by atoms with Crippen LogP contribution in [0.2, 0.25) is 0 Å². The smallest absolute Gasteiger partial charge is 0.296 e. The fourth-order valence-corrected chi connectivity index (χ4v) is 8.13. The van der Waals surface area contributed by atoms with Gasteiger partial charge >= 0.3 is 0 Å². The highest BCUT2D eigenvalue weighted by Gasteiger charge is 2.28. The van der Waals surface area contributed by atoms with Crippen molar-refractivity contribution in [2.24, 2.45) is 17.6 Å². The molecule has 0 fully saturated rings. The topological polar surface area (TPSA) is 386 Å². The van der Waals surface area contributed by atoms with E-state index in [1.54, 1.807) is 27.7 Å². The standard InChI is InChI=1S/C50H63N11O16/c1-28(2)39(62)35-16-14-33(49(72)58(35)74)45(68)56-23-7-8-24-57(46(69)34-15-17-36(40(63)29(3)4)59(75)50(34)73)26-10-22-53-42(65)32-13-19-38(61(77)48(32)71)44(67)55-30(11-5-6-20-51)27-54-43(66)37-18-12-31(47(70)60(37)76)41(64)52-21-9-25-56/h12-19,28-30,74-77H,5-11,20-27,51H2,1-4H3,(H,52,64)(H,53,65)(H,54,66)(H,55,67). The highest BCUT2D eigenvalue weighted by atomic mass is 16.5. The number of rotatable bonds is 10. The van der Waals surface area contributed by atoms with Gasteiger partial charge in [0.25, 0.3) is 57.7 Å². The third-order valence-electron chi connectivity index (χ3n) is 12.5. The molecule has 7 heterocycles. The van der Waals surface area contributed by atoms with Gasteiger partial charge in [0.15, 0.2) is 11.6 Å². The summed E-state index contributed by atoms with van der Waals surface area (Å²) in [7, 11) is 0. The van der Waals surface area contributed by atoms with Crippen molar-refractivity contribution in [3.8, 4) is 0 Å². The molecule has 10 N–H and O–H groups in total. The lowest BCUT2D eigenvalue weighted by Crippen LogP contribution is -2.46. The fourth-order valence-electron chi connectivity index (χ4n) is 8.13. The maximum Gasteiger partial charge on any atom is 0.296 e. The van der Waals surface area contributed by atoms with Crippen LogP contribution in [0, 0.1) is 11.8 Å². The summed E-state index contributed by atoms with van der Waals surface area (Å²) in [6, 6.07) is 7.50. The molecule has 0 saturated carbocycles. The number of carbonyl (C=O) groups excluding carboxylic acids is 8. The molecule has 0 saturated heterocycles. The summed E-state index contributed by atoms with van der Waals surface area (Å²) < 4.78 is 0.0545. The summed E-state index contributed by atoms with van der Waals surface area (Å²) in [5, 5.41) is 53.0. The average molecular weight is 1070 g/mol. The molecule has 0 aromatic carbocycles. The molecule has 27 heteroatoms. The van der Waals surface area contributed by atoms with Crippen molar-refractivity contribution in [3.05, 3.63) is 135 Å². The van der Waals surface area contributed by atoms with Crippen molar-refractivity contribution in [1.29, 1.82) is 0 Å². The van der Waals surface area contributed by atoms with Crippen LogP contribution in [0.3, 0.4) is 0 Å². The highest BCUT2D eigenvalue weighted by molar-refractivity contribution is 6.00. The van der Waals surface area contributed by atoms with E-state index >= 15 is 0 Å². The molecule has 0 aliphatic carbocycles. The zero-order valence-electron chi connectivity index (χ0n) is 42.9. The number of hydrogen-bond donors (Lipinski definition) is 9. The van der Waals surface area contributed by atoms with Crippen LogP contribution in [0.5, 0.6) is 0 Å². The third-order valence-corrected chi connectivity index (χ3v) is 12.5. The van der Waals surface area contributed by atoms with E-state index < -0.39 is 121 Å². The van der Waals surface area contributed by atoms with Crippen molar-refractivity contribution >= 4 is 47.0 Å². The molecule has 3 aliphatic heterocycles. The van der Waals surface area contributed by atoms with E-state index in [-0.39, 0.29) is 115 Å². The zero-order chi connectivity index (χ0) is 56.8. The first kappa shape index (κ1) is 59.0. The number of unbranched alkanes of at least 4 members (excludes halogenated alkanes) is 1. The number of aromatic nitrogens is 4. The molecule has 414 valence electrons. The molecule has 6 amide bonds. The van der Waals surface area contributed by atoms with Gasteiger partial charge in [-0.05, 0) is 93.6 Å². The second-order valence-corrected chi connectivity index (χ2v) is 18.7. The second kappa shape index (κ2) is 26.6. The number of carbonyl (C=O) groups is 8. The molecule has 1 unspecified atom stereocenters. The largest absolute Gasteiger partial charge is 0.425 e. The Labute approximate surface area is 438 Å². The van der Waals surface area contributed by atoms with Gasteiger partial charge in [-0.3, -0.25) is 57.5 Å². The molecule has 4 aromatic heterocycles. The van der Waals surface area contributed by atoms with E-state index in [1.165, 1.54) is 9.80 Å². The van der Waals surface area contributed by atoms with Crippen LogP contribution in [0.15, 0.2) is 67.7 Å². The lowest BCUT2D eigenvalue weighted by Gasteiger charge is -2.25. The van der Waals surface area contributed by atoms with Crippen LogP contribution in [0.25, 0.3) is 0 Å². The van der Waals surface area contributed by atoms with Crippen molar-refractivity contribution in [1.82, 2.24) is 50.0 Å². The Kier molecular flexibility index (Phi) is 20.3. The monoisotopic (exact) mass is 1070 g/mol. The molecule has 7 rings (SSSR count). The fraction of sp³-hybridized carbons (Fsp3) is 0.440. The predicted molar refractivity (Wildman–Crippen MR) is 271 cm³/mol. The first-order chi connectivity index (χ1) is 36.5. The van der Waals surface area contributed by atoms with Gasteiger partial charge in [0.2, 0.25) is 0 Å². The number of amides is 6. The summed E-state index contributed by atoms with van der Waals surface area (Å²) >= 11 is 0. The first-order valence-corrected chi connectivity index (χ1v) is 24.9.